The number of nitrogen functional groups attached to an aromatic ring is 1. The van der Waals surface area contributed by atoms with Gasteiger partial charge in [-0.25, -0.2) is 0 Å². The lowest BCUT2D eigenvalue weighted by Crippen LogP contribution is -2.39. The van der Waals surface area contributed by atoms with Gasteiger partial charge in [0.25, 0.3) is 0 Å². The lowest BCUT2D eigenvalue weighted by atomic mass is 10.0. The first-order valence-corrected chi connectivity index (χ1v) is 7.94. The molecular formula is C16H25N3O2. The van der Waals surface area contributed by atoms with Crippen molar-refractivity contribution < 1.29 is 9.47 Å². The Kier molecular flexibility index (Phi) is 4.39. The number of hydrogen-bond acceptors (Lipinski definition) is 5. The van der Waals surface area contributed by atoms with E-state index in [2.05, 4.69) is 17.1 Å². The summed E-state index contributed by atoms with van der Waals surface area (Å²) in [6, 6.07) is 4.33. The molecule has 116 valence electrons. The zero-order valence-corrected chi connectivity index (χ0v) is 12.7. The Bertz CT molecular complexity index is 485. The summed E-state index contributed by atoms with van der Waals surface area (Å²) in [5.74, 6) is 1.54. The van der Waals surface area contributed by atoms with Gasteiger partial charge in [-0.1, -0.05) is 6.92 Å². The average molecular weight is 291 g/mol. The van der Waals surface area contributed by atoms with Crippen LogP contribution in [0.25, 0.3) is 0 Å². The van der Waals surface area contributed by atoms with Crippen LogP contribution >= 0.6 is 0 Å². The maximum atomic E-state index is 6.13. The second kappa shape index (κ2) is 6.43. The summed E-state index contributed by atoms with van der Waals surface area (Å²) in [6.07, 6.45) is 3.55. The number of hydrogen-bond donors (Lipinski definition) is 2. The molecule has 0 spiro atoms. The van der Waals surface area contributed by atoms with Gasteiger partial charge in [-0.3, -0.25) is 0 Å². The minimum atomic E-state index is 0.489. The third kappa shape index (κ3) is 3.35. The molecule has 1 aromatic rings. The summed E-state index contributed by atoms with van der Waals surface area (Å²) in [4.78, 5) is 2.53. The summed E-state index contributed by atoms with van der Waals surface area (Å²) in [7, 11) is 0. The van der Waals surface area contributed by atoms with Gasteiger partial charge in [0.05, 0.1) is 11.4 Å². The van der Waals surface area contributed by atoms with Crippen molar-refractivity contribution in [2.24, 2.45) is 0 Å². The Morgan fingerprint density at radius 1 is 1.19 bits per heavy atom. The number of ether oxygens (including phenoxy) is 2. The number of nitrogens with zero attached hydrogens (tertiary/aromatic N) is 1. The van der Waals surface area contributed by atoms with Gasteiger partial charge >= 0.3 is 0 Å². The normalized spacial score (nSPS) is 19.5. The predicted octanol–water partition coefficient (Wildman–Crippen LogP) is 2.33. The number of anilines is 2. The number of fused-ring (bicyclic) bond motifs is 1. The second-order valence-corrected chi connectivity index (χ2v) is 5.84. The van der Waals surface area contributed by atoms with E-state index in [1.807, 2.05) is 12.1 Å². The van der Waals surface area contributed by atoms with Crippen molar-refractivity contribution in [3.63, 3.8) is 0 Å². The zero-order valence-electron chi connectivity index (χ0n) is 12.7. The van der Waals surface area contributed by atoms with Gasteiger partial charge in [0, 0.05) is 31.3 Å². The van der Waals surface area contributed by atoms with E-state index in [4.69, 9.17) is 15.2 Å². The molecule has 5 nitrogen and oxygen atoms in total. The summed E-state index contributed by atoms with van der Waals surface area (Å²) in [6.45, 7) is 6.96. The first-order valence-electron chi connectivity index (χ1n) is 7.94. The van der Waals surface area contributed by atoms with Crippen molar-refractivity contribution in [1.29, 1.82) is 0 Å². The fraction of sp³-hybridized carbons (Fsp3) is 0.625. The standard InChI is InChI=1S/C16H25N3O2/c1-2-5-19-6-3-12(4-7-19)18-14-11-16-15(10-13(14)17)20-8-9-21-16/h10-12,18H,2-9,17H2,1H3. The van der Waals surface area contributed by atoms with Crippen LogP contribution in [0.2, 0.25) is 0 Å². The highest BCUT2D eigenvalue weighted by Gasteiger charge is 2.20. The number of rotatable bonds is 4. The van der Waals surface area contributed by atoms with Crippen molar-refractivity contribution in [3.8, 4) is 11.5 Å². The van der Waals surface area contributed by atoms with Crippen LogP contribution in [0.5, 0.6) is 11.5 Å². The Morgan fingerprint density at radius 3 is 2.52 bits per heavy atom. The quantitative estimate of drug-likeness (QED) is 0.834. The first kappa shape index (κ1) is 14.3. The van der Waals surface area contributed by atoms with Gasteiger partial charge in [-0.05, 0) is 25.8 Å². The van der Waals surface area contributed by atoms with Crippen LogP contribution < -0.4 is 20.5 Å². The third-order valence-electron chi connectivity index (χ3n) is 4.20. The maximum absolute atomic E-state index is 6.13. The van der Waals surface area contributed by atoms with E-state index in [1.165, 1.54) is 13.0 Å². The van der Waals surface area contributed by atoms with E-state index in [0.29, 0.717) is 19.3 Å². The van der Waals surface area contributed by atoms with Crippen LogP contribution in [-0.2, 0) is 0 Å². The minimum absolute atomic E-state index is 0.489. The third-order valence-corrected chi connectivity index (χ3v) is 4.20. The van der Waals surface area contributed by atoms with Crippen LogP contribution in [0.1, 0.15) is 26.2 Å². The number of benzene rings is 1. The molecule has 0 atom stereocenters. The molecule has 0 saturated carbocycles. The van der Waals surface area contributed by atoms with Crippen LogP contribution in [-0.4, -0.2) is 43.8 Å². The molecule has 2 aliphatic heterocycles. The van der Waals surface area contributed by atoms with Crippen LogP contribution in [0.3, 0.4) is 0 Å². The van der Waals surface area contributed by atoms with Gasteiger partial charge in [-0.2, -0.15) is 0 Å². The molecule has 3 N–H and O–H groups in total. The molecule has 0 unspecified atom stereocenters. The van der Waals surface area contributed by atoms with E-state index in [9.17, 15) is 0 Å². The zero-order chi connectivity index (χ0) is 14.7. The molecule has 0 aromatic heterocycles. The van der Waals surface area contributed by atoms with Crippen LogP contribution in [0.4, 0.5) is 11.4 Å². The van der Waals surface area contributed by atoms with Gasteiger partial charge in [-0.15, -0.1) is 0 Å². The number of nitrogens with one attached hydrogen (secondary N) is 1. The molecule has 21 heavy (non-hydrogen) atoms. The van der Waals surface area contributed by atoms with Gasteiger partial charge < -0.3 is 25.4 Å². The molecule has 0 radical (unpaired) electrons. The van der Waals surface area contributed by atoms with Crippen LogP contribution in [0, 0.1) is 0 Å². The molecule has 5 heteroatoms. The number of likely N-dealkylation sites (tertiary alicyclic amines) is 1. The predicted molar refractivity (Wildman–Crippen MR) is 85.2 cm³/mol. The molecule has 0 bridgehead atoms. The van der Waals surface area contributed by atoms with Gasteiger partial charge in [0.1, 0.15) is 13.2 Å². The van der Waals surface area contributed by atoms with E-state index in [-0.39, 0.29) is 0 Å². The Hall–Kier alpha value is -1.62. The monoisotopic (exact) mass is 291 g/mol. The summed E-state index contributed by atoms with van der Waals surface area (Å²) in [5.41, 5.74) is 7.83. The topological polar surface area (TPSA) is 59.8 Å². The fourth-order valence-electron chi connectivity index (χ4n) is 3.07. The molecule has 0 aliphatic carbocycles. The van der Waals surface area contributed by atoms with Crippen molar-refractivity contribution >= 4 is 11.4 Å². The van der Waals surface area contributed by atoms with Crippen LogP contribution in [0.15, 0.2) is 12.1 Å². The molecular weight excluding hydrogens is 266 g/mol. The first-order chi connectivity index (χ1) is 10.3. The smallest absolute Gasteiger partial charge is 0.163 e. The lowest BCUT2D eigenvalue weighted by Gasteiger charge is -2.33. The highest BCUT2D eigenvalue weighted by Crippen LogP contribution is 2.37. The molecule has 1 fully saturated rings. The van der Waals surface area contributed by atoms with Crippen molar-refractivity contribution in [1.82, 2.24) is 4.90 Å². The molecule has 2 aliphatic rings. The molecule has 1 aromatic carbocycles. The largest absolute Gasteiger partial charge is 0.486 e. The number of nitrogens with two attached hydrogens (primary N) is 1. The van der Waals surface area contributed by atoms with Gasteiger partial charge in [0.2, 0.25) is 0 Å². The Balaban J connectivity index is 1.63. The van der Waals surface area contributed by atoms with E-state index >= 15 is 0 Å². The Labute approximate surface area is 126 Å². The van der Waals surface area contributed by atoms with E-state index < -0.39 is 0 Å². The molecule has 2 heterocycles. The summed E-state index contributed by atoms with van der Waals surface area (Å²) >= 11 is 0. The minimum Gasteiger partial charge on any atom is -0.486 e. The maximum Gasteiger partial charge on any atom is 0.163 e. The van der Waals surface area contributed by atoms with Gasteiger partial charge in [0.15, 0.2) is 11.5 Å². The van der Waals surface area contributed by atoms with E-state index in [0.717, 1.165) is 48.8 Å². The number of piperidine rings is 1. The highest BCUT2D eigenvalue weighted by molar-refractivity contribution is 5.72. The fourth-order valence-corrected chi connectivity index (χ4v) is 3.07. The average Bonchev–Trinajstić information content (AvgIpc) is 2.50. The Morgan fingerprint density at radius 2 is 1.86 bits per heavy atom. The van der Waals surface area contributed by atoms with Crippen molar-refractivity contribution in [2.75, 3.05) is 43.9 Å². The van der Waals surface area contributed by atoms with Crippen molar-refractivity contribution in [2.45, 2.75) is 32.2 Å². The molecule has 3 rings (SSSR count). The second-order valence-electron chi connectivity index (χ2n) is 5.84. The SMILES string of the molecule is CCCN1CCC(Nc2cc3c(cc2N)OCCO3)CC1. The summed E-state index contributed by atoms with van der Waals surface area (Å²) < 4.78 is 11.2. The summed E-state index contributed by atoms with van der Waals surface area (Å²) in [5, 5.41) is 3.57. The lowest BCUT2D eigenvalue weighted by molar-refractivity contribution is 0.172. The molecule has 1 saturated heterocycles. The van der Waals surface area contributed by atoms with E-state index in [1.54, 1.807) is 0 Å². The molecule has 0 amide bonds. The highest BCUT2D eigenvalue weighted by atomic mass is 16.6. The van der Waals surface area contributed by atoms with Crippen molar-refractivity contribution in [3.05, 3.63) is 12.1 Å².